The third kappa shape index (κ3) is 4.79. The van der Waals surface area contributed by atoms with Crippen LogP contribution in [0.4, 0.5) is 0 Å². The Morgan fingerprint density at radius 2 is 1.79 bits per heavy atom. The van der Waals surface area contributed by atoms with E-state index in [9.17, 15) is 4.79 Å². The fraction of sp³-hybridized carbons (Fsp3) is 0.632. The first-order chi connectivity index (χ1) is 11.6. The molecule has 1 aromatic rings. The molecule has 1 amide bonds. The van der Waals surface area contributed by atoms with Crippen LogP contribution in [0.2, 0.25) is 0 Å². The highest BCUT2D eigenvalue weighted by Gasteiger charge is 2.23. The number of benzene rings is 1. The Morgan fingerprint density at radius 3 is 2.46 bits per heavy atom. The third-order valence-electron chi connectivity index (χ3n) is 5.36. The summed E-state index contributed by atoms with van der Waals surface area (Å²) >= 11 is 0. The van der Waals surface area contributed by atoms with Gasteiger partial charge in [0.1, 0.15) is 0 Å². The van der Waals surface area contributed by atoms with Crippen LogP contribution in [0.3, 0.4) is 0 Å². The molecular weight excluding hydrogens is 300 g/mol. The van der Waals surface area contributed by atoms with Crippen LogP contribution in [0.25, 0.3) is 0 Å². The maximum Gasteiger partial charge on any atom is 0.248 e. The molecule has 2 aliphatic heterocycles. The van der Waals surface area contributed by atoms with Gasteiger partial charge in [-0.15, -0.1) is 0 Å². The zero-order valence-electron chi connectivity index (χ0n) is 14.8. The van der Waals surface area contributed by atoms with E-state index >= 15 is 0 Å². The lowest BCUT2D eigenvalue weighted by atomic mass is 9.96. The molecule has 1 unspecified atom stereocenters. The number of likely N-dealkylation sites (tertiary alicyclic amines) is 1. The SMILES string of the molecule is CN1CCN(CC2CCCN(Cc3ccc(C(N)=O)cc3)C2)CC1. The Kier molecular flexibility index (Phi) is 5.87. The second kappa shape index (κ2) is 8.10. The standard InChI is InChI=1S/C19H30N4O/c1-21-9-11-22(12-10-21)14-17-3-2-8-23(15-17)13-16-4-6-18(7-5-16)19(20)24/h4-7,17H,2-3,8-15H2,1H3,(H2,20,24). The minimum Gasteiger partial charge on any atom is -0.366 e. The van der Waals surface area contributed by atoms with E-state index in [1.807, 2.05) is 24.3 Å². The second-order valence-corrected chi connectivity index (χ2v) is 7.41. The Balaban J connectivity index is 1.49. The van der Waals surface area contributed by atoms with Crippen LogP contribution in [0.15, 0.2) is 24.3 Å². The van der Waals surface area contributed by atoms with E-state index in [0.717, 1.165) is 12.5 Å². The number of hydrogen-bond acceptors (Lipinski definition) is 4. The summed E-state index contributed by atoms with van der Waals surface area (Å²) < 4.78 is 0. The monoisotopic (exact) mass is 330 g/mol. The summed E-state index contributed by atoms with van der Waals surface area (Å²) in [6, 6.07) is 7.74. The minimum absolute atomic E-state index is 0.355. The van der Waals surface area contributed by atoms with Crippen molar-refractivity contribution in [3.63, 3.8) is 0 Å². The van der Waals surface area contributed by atoms with E-state index < -0.39 is 0 Å². The highest BCUT2D eigenvalue weighted by molar-refractivity contribution is 5.92. The number of primary amides is 1. The molecule has 0 spiro atoms. The molecule has 5 heteroatoms. The van der Waals surface area contributed by atoms with Crippen LogP contribution in [-0.2, 0) is 6.54 Å². The van der Waals surface area contributed by atoms with Crippen molar-refractivity contribution in [3.05, 3.63) is 35.4 Å². The van der Waals surface area contributed by atoms with Gasteiger partial charge in [-0.3, -0.25) is 9.69 Å². The van der Waals surface area contributed by atoms with Crippen LogP contribution in [0, 0.1) is 5.92 Å². The fourth-order valence-corrected chi connectivity index (χ4v) is 3.87. The van der Waals surface area contributed by atoms with Crippen LogP contribution in [0.5, 0.6) is 0 Å². The maximum absolute atomic E-state index is 11.2. The summed E-state index contributed by atoms with van der Waals surface area (Å²) in [5.41, 5.74) is 7.16. The quantitative estimate of drug-likeness (QED) is 0.883. The molecule has 3 rings (SSSR count). The van der Waals surface area contributed by atoms with Crippen molar-refractivity contribution in [2.24, 2.45) is 11.7 Å². The Morgan fingerprint density at radius 1 is 1.08 bits per heavy atom. The van der Waals surface area contributed by atoms with Gasteiger partial charge in [-0.05, 0) is 50.0 Å². The fourth-order valence-electron chi connectivity index (χ4n) is 3.87. The van der Waals surface area contributed by atoms with Gasteiger partial charge in [-0.1, -0.05) is 12.1 Å². The molecular formula is C19H30N4O. The number of piperazine rings is 1. The van der Waals surface area contributed by atoms with E-state index in [1.54, 1.807) is 0 Å². The van der Waals surface area contributed by atoms with Gasteiger partial charge in [0.25, 0.3) is 0 Å². The second-order valence-electron chi connectivity index (χ2n) is 7.41. The van der Waals surface area contributed by atoms with Gasteiger partial charge in [0.05, 0.1) is 0 Å². The maximum atomic E-state index is 11.2. The molecule has 2 N–H and O–H groups in total. The van der Waals surface area contributed by atoms with Gasteiger partial charge >= 0.3 is 0 Å². The molecule has 1 aromatic carbocycles. The average molecular weight is 330 g/mol. The van der Waals surface area contributed by atoms with Gasteiger partial charge in [0.15, 0.2) is 0 Å². The third-order valence-corrected chi connectivity index (χ3v) is 5.36. The smallest absolute Gasteiger partial charge is 0.248 e. The van der Waals surface area contributed by atoms with Gasteiger partial charge < -0.3 is 15.5 Å². The molecule has 5 nitrogen and oxygen atoms in total. The number of hydrogen-bond donors (Lipinski definition) is 1. The zero-order chi connectivity index (χ0) is 16.9. The summed E-state index contributed by atoms with van der Waals surface area (Å²) in [6.45, 7) is 9.39. The van der Waals surface area contributed by atoms with Crippen LogP contribution in [0.1, 0.15) is 28.8 Å². The van der Waals surface area contributed by atoms with Crippen molar-refractivity contribution in [3.8, 4) is 0 Å². The van der Waals surface area contributed by atoms with Gasteiger partial charge in [0, 0.05) is 51.4 Å². The molecule has 0 aliphatic carbocycles. The summed E-state index contributed by atoms with van der Waals surface area (Å²) in [4.78, 5) is 18.8. The predicted molar refractivity (Wildman–Crippen MR) is 96.9 cm³/mol. The van der Waals surface area contributed by atoms with Crippen molar-refractivity contribution in [2.75, 3.05) is 52.9 Å². The Hall–Kier alpha value is -1.43. The highest BCUT2D eigenvalue weighted by Crippen LogP contribution is 2.20. The predicted octanol–water partition coefficient (Wildman–Crippen LogP) is 1.24. The van der Waals surface area contributed by atoms with Crippen LogP contribution >= 0.6 is 0 Å². The van der Waals surface area contributed by atoms with E-state index in [0.29, 0.717) is 5.56 Å². The number of carbonyl (C=O) groups is 1. The van der Waals surface area contributed by atoms with E-state index in [4.69, 9.17) is 5.73 Å². The number of amides is 1. The number of nitrogens with zero attached hydrogens (tertiary/aromatic N) is 3. The van der Waals surface area contributed by atoms with E-state index in [1.165, 1.54) is 64.2 Å². The lowest BCUT2D eigenvalue weighted by molar-refractivity contribution is 0.0966. The summed E-state index contributed by atoms with van der Waals surface area (Å²) in [7, 11) is 2.21. The molecule has 0 radical (unpaired) electrons. The molecule has 2 fully saturated rings. The van der Waals surface area contributed by atoms with Crippen molar-refractivity contribution >= 4 is 5.91 Å². The average Bonchev–Trinajstić information content (AvgIpc) is 2.58. The molecule has 0 aromatic heterocycles. The topological polar surface area (TPSA) is 52.8 Å². The minimum atomic E-state index is -0.355. The summed E-state index contributed by atoms with van der Waals surface area (Å²) in [6.07, 6.45) is 2.64. The molecule has 132 valence electrons. The largest absolute Gasteiger partial charge is 0.366 e. The Bertz CT molecular complexity index is 537. The normalized spacial score (nSPS) is 24.1. The number of nitrogens with two attached hydrogens (primary N) is 1. The molecule has 1 atom stereocenters. The molecule has 0 bridgehead atoms. The first-order valence-corrected chi connectivity index (χ1v) is 9.12. The zero-order valence-corrected chi connectivity index (χ0v) is 14.8. The van der Waals surface area contributed by atoms with E-state index in [-0.39, 0.29) is 5.91 Å². The highest BCUT2D eigenvalue weighted by atomic mass is 16.1. The van der Waals surface area contributed by atoms with Crippen LogP contribution in [-0.4, -0.2) is 73.5 Å². The summed E-state index contributed by atoms with van der Waals surface area (Å²) in [5, 5.41) is 0. The van der Waals surface area contributed by atoms with Gasteiger partial charge in [-0.2, -0.15) is 0 Å². The number of carbonyl (C=O) groups excluding carboxylic acids is 1. The van der Waals surface area contributed by atoms with Crippen LogP contribution < -0.4 is 5.73 Å². The van der Waals surface area contributed by atoms with Crippen molar-refractivity contribution in [2.45, 2.75) is 19.4 Å². The molecule has 24 heavy (non-hydrogen) atoms. The lowest BCUT2D eigenvalue weighted by Gasteiger charge is -2.38. The van der Waals surface area contributed by atoms with Gasteiger partial charge in [0.2, 0.25) is 5.91 Å². The first kappa shape index (κ1) is 17.4. The molecule has 2 heterocycles. The summed E-state index contributed by atoms with van der Waals surface area (Å²) in [5.74, 6) is 0.429. The molecule has 0 saturated carbocycles. The van der Waals surface area contributed by atoms with Gasteiger partial charge in [-0.25, -0.2) is 0 Å². The Labute approximate surface area is 145 Å². The number of piperidine rings is 1. The first-order valence-electron chi connectivity index (χ1n) is 9.12. The number of rotatable bonds is 5. The van der Waals surface area contributed by atoms with Crippen molar-refractivity contribution in [1.29, 1.82) is 0 Å². The molecule has 2 aliphatic rings. The lowest BCUT2D eigenvalue weighted by Crippen LogP contribution is -2.48. The molecule has 2 saturated heterocycles. The van der Waals surface area contributed by atoms with E-state index in [2.05, 4.69) is 21.7 Å². The van der Waals surface area contributed by atoms with Crippen molar-refractivity contribution in [1.82, 2.24) is 14.7 Å². The van der Waals surface area contributed by atoms with Crippen molar-refractivity contribution < 1.29 is 4.79 Å². The number of likely N-dealkylation sites (N-methyl/N-ethyl adjacent to an activating group) is 1.